The quantitative estimate of drug-likeness (QED) is 0.850. The lowest BCUT2D eigenvalue weighted by Gasteiger charge is -2.05. The second kappa shape index (κ2) is 5.06. The van der Waals surface area contributed by atoms with E-state index < -0.39 is 0 Å². The molecule has 0 N–H and O–H groups in total. The van der Waals surface area contributed by atoms with Crippen LogP contribution in [0.4, 0.5) is 0 Å². The highest BCUT2D eigenvalue weighted by Crippen LogP contribution is 2.27. The number of aromatic nitrogens is 2. The maximum Gasteiger partial charge on any atom is 0.183 e. The molecule has 1 heterocycles. The summed E-state index contributed by atoms with van der Waals surface area (Å²) in [6, 6.07) is 8.53. The standard InChI is InChI=1S/C12H13BrN2S/c1-8(2)6-9-4-3-5-10(7-9)11-14-15-12(13)16-11/h3-5,7-8H,6H2,1-2H3. The molecular formula is C12H13BrN2S. The summed E-state index contributed by atoms with van der Waals surface area (Å²) >= 11 is 4.90. The van der Waals surface area contributed by atoms with Gasteiger partial charge in [-0.2, -0.15) is 0 Å². The Morgan fingerprint density at radius 1 is 1.31 bits per heavy atom. The third-order valence-electron chi connectivity index (χ3n) is 2.22. The lowest BCUT2D eigenvalue weighted by molar-refractivity contribution is 0.647. The van der Waals surface area contributed by atoms with E-state index >= 15 is 0 Å². The molecule has 0 bridgehead atoms. The molecule has 84 valence electrons. The topological polar surface area (TPSA) is 25.8 Å². The van der Waals surface area contributed by atoms with Crippen LogP contribution in [-0.4, -0.2) is 10.2 Å². The average molecular weight is 297 g/mol. The predicted octanol–water partition coefficient (Wildman–Crippen LogP) is 4.17. The van der Waals surface area contributed by atoms with Crippen molar-refractivity contribution in [2.24, 2.45) is 5.92 Å². The molecule has 2 rings (SSSR count). The largest absolute Gasteiger partial charge is 0.183 e. The molecule has 0 saturated heterocycles. The molecule has 0 aliphatic carbocycles. The van der Waals surface area contributed by atoms with Crippen molar-refractivity contribution in [3.8, 4) is 10.6 Å². The first-order valence-electron chi connectivity index (χ1n) is 5.23. The van der Waals surface area contributed by atoms with Crippen LogP contribution in [0, 0.1) is 5.92 Å². The van der Waals surface area contributed by atoms with Crippen molar-refractivity contribution in [2.45, 2.75) is 20.3 Å². The van der Waals surface area contributed by atoms with Gasteiger partial charge in [0.05, 0.1) is 0 Å². The zero-order valence-electron chi connectivity index (χ0n) is 9.27. The monoisotopic (exact) mass is 296 g/mol. The highest BCUT2D eigenvalue weighted by Gasteiger charge is 2.06. The highest BCUT2D eigenvalue weighted by molar-refractivity contribution is 9.11. The van der Waals surface area contributed by atoms with Crippen LogP contribution in [0.15, 0.2) is 28.2 Å². The van der Waals surface area contributed by atoms with E-state index in [1.165, 1.54) is 5.56 Å². The van der Waals surface area contributed by atoms with Crippen LogP contribution in [-0.2, 0) is 6.42 Å². The van der Waals surface area contributed by atoms with Gasteiger partial charge in [0, 0.05) is 5.56 Å². The molecule has 1 aromatic carbocycles. The molecule has 0 aliphatic heterocycles. The van der Waals surface area contributed by atoms with E-state index in [0.717, 1.165) is 20.9 Å². The Morgan fingerprint density at radius 2 is 2.12 bits per heavy atom. The molecule has 0 amide bonds. The van der Waals surface area contributed by atoms with Crippen LogP contribution in [0.25, 0.3) is 10.6 Å². The van der Waals surface area contributed by atoms with Crippen LogP contribution >= 0.6 is 27.3 Å². The van der Waals surface area contributed by atoms with Gasteiger partial charge < -0.3 is 0 Å². The van der Waals surface area contributed by atoms with Crippen molar-refractivity contribution in [3.63, 3.8) is 0 Å². The average Bonchev–Trinajstić information content (AvgIpc) is 2.64. The third-order valence-corrected chi connectivity index (χ3v) is 3.62. The van der Waals surface area contributed by atoms with Gasteiger partial charge in [0.2, 0.25) is 0 Å². The molecule has 0 saturated carbocycles. The van der Waals surface area contributed by atoms with Crippen molar-refractivity contribution in [1.29, 1.82) is 0 Å². The summed E-state index contributed by atoms with van der Waals surface area (Å²) in [5.74, 6) is 0.677. The van der Waals surface area contributed by atoms with Crippen LogP contribution in [0.5, 0.6) is 0 Å². The smallest absolute Gasteiger partial charge is 0.137 e. The minimum atomic E-state index is 0.677. The van der Waals surface area contributed by atoms with Crippen molar-refractivity contribution in [3.05, 3.63) is 33.7 Å². The second-order valence-electron chi connectivity index (χ2n) is 4.16. The molecule has 4 heteroatoms. The molecule has 2 nitrogen and oxygen atoms in total. The van der Waals surface area contributed by atoms with E-state index in [1.54, 1.807) is 11.3 Å². The third kappa shape index (κ3) is 2.89. The first-order valence-corrected chi connectivity index (χ1v) is 6.84. The number of hydrogen-bond donors (Lipinski definition) is 0. The van der Waals surface area contributed by atoms with Gasteiger partial charge in [0.25, 0.3) is 0 Å². The summed E-state index contributed by atoms with van der Waals surface area (Å²) in [6.45, 7) is 4.46. The Hall–Kier alpha value is -0.740. The summed E-state index contributed by atoms with van der Waals surface area (Å²) in [6.07, 6.45) is 1.10. The fourth-order valence-electron chi connectivity index (χ4n) is 1.62. The number of hydrogen-bond acceptors (Lipinski definition) is 3. The van der Waals surface area contributed by atoms with Crippen LogP contribution in [0.2, 0.25) is 0 Å². The lowest BCUT2D eigenvalue weighted by Crippen LogP contribution is -1.93. The highest BCUT2D eigenvalue weighted by atomic mass is 79.9. The fraction of sp³-hybridized carbons (Fsp3) is 0.333. The number of rotatable bonds is 3. The zero-order valence-corrected chi connectivity index (χ0v) is 11.7. The van der Waals surface area contributed by atoms with Gasteiger partial charge in [0.15, 0.2) is 3.92 Å². The fourth-order valence-corrected chi connectivity index (χ4v) is 2.73. The molecule has 0 atom stereocenters. The minimum absolute atomic E-state index is 0.677. The van der Waals surface area contributed by atoms with Crippen LogP contribution < -0.4 is 0 Å². The number of benzene rings is 1. The molecular weight excluding hydrogens is 284 g/mol. The molecule has 0 unspecified atom stereocenters. The second-order valence-corrected chi connectivity index (χ2v) is 6.41. The summed E-state index contributed by atoms with van der Waals surface area (Å²) in [7, 11) is 0. The Labute approximate surface area is 108 Å². The van der Waals surface area contributed by atoms with E-state index in [4.69, 9.17) is 0 Å². The van der Waals surface area contributed by atoms with Crippen molar-refractivity contribution >= 4 is 27.3 Å². The van der Waals surface area contributed by atoms with Gasteiger partial charge >= 0.3 is 0 Å². The van der Waals surface area contributed by atoms with Gasteiger partial charge in [-0.25, -0.2) is 0 Å². The van der Waals surface area contributed by atoms with E-state index in [2.05, 4.69) is 64.2 Å². The summed E-state index contributed by atoms with van der Waals surface area (Å²) < 4.78 is 0.830. The Balaban J connectivity index is 2.28. The van der Waals surface area contributed by atoms with Crippen molar-refractivity contribution < 1.29 is 0 Å². The molecule has 16 heavy (non-hydrogen) atoms. The van der Waals surface area contributed by atoms with Crippen LogP contribution in [0.3, 0.4) is 0 Å². The van der Waals surface area contributed by atoms with E-state index in [9.17, 15) is 0 Å². The lowest BCUT2D eigenvalue weighted by atomic mass is 10.0. The summed E-state index contributed by atoms with van der Waals surface area (Å²) in [5.41, 5.74) is 2.51. The van der Waals surface area contributed by atoms with E-state index in [1.807, 2.05) is 0 Å². The molecule has 0 radical (unpaired) electrons. The zero-order chi connectivity index (χ0) is 11.5. The predicted molar refractivity (Wildman–Crippen MR) is 71.6 cm³/mol. The molecule has 2 aromatic rings. The van der Waals surface area contributed by atoms with Gasteiger partial charge in [-0.1, -0.05) is 43.4 Å². The van der Waals surface area contributed by atoms with E-state index in [-0.39, 0.29) is 0 Å². The number of halogens is 1. The normalized spacial score (nSPS) is 11.0. The SMILES string of the molecule is CC(C)Cc1cccc(-c2nnc(Br)s2)c1. The van der Waals surface area contributed by atoms with Gasteiger partial charge in [-0.3, -0.25) is 0 Å². The maximum atomic E-state index is 4.13. The molecule has 1 aromatic heterocycles. The van der Waals surface area contributed by atoms with Gasteiger partial charge in [-0.15, -0.1) is 10.2 Å². The first-order chi connectivity index (χ1) is 7.65. The van der Waals surface area contributed by atoms with Gasteiger partial charge in [-0.05, 0) is 39.9 Å². The van der Waals surface area contributed by atoms with Crippen molar-refractivity contribution in [2.75, 3.05) is 0 Å². The van der Waals surface area contributed by atoms with Crippen molar-refractivity contribution in [1.82, 2.24) is 10.2 Å². The van der Waals surface area contributed by atoms with Gasteiger partial charge in [0.1, 0.15) is 5.01 Å². The van der Waals surface area contributed by atoms with E-state index in [0.29, 0.717) is 5.92 Å². The Kier molecular flexibility index (Phi) is 3.71. The Bertz CT molecular complexity index is 479. The summed E-state index contributed by atoms with van der Waals surface area (Å²) in [4.78, 5) is 0. The maximum absolute atomic E-state index is 4.13. The molecule has 0 fully saturated rings. The molecule has 0 aliphatic rings. The Morgan fingerprint density at radius 3 is 2.75 bits per heavy atom. The summed E-state index contributed by atoms with van der Waals surface area (Å²) in [5, 5.41) is 9.07. The van der Waals surface area contributed by atoms with Crippen LogP contribution in [0.1, 0.15) is 19.4 Å². The minimum Gasteiger partial charge on any atom is -0.137 e. The number of nitrogens with zero attached hydrogens (tertiary/aromatic N) is 2. The molecule has 0 spiro atoms. The first kappa shape index (κ1) is 11.7.